The Kier molecular flexibility index (Phi) is 4.77. The maximum absolute atomic E-state index is 12.1. The molecule has 110 valence electrons. The summed E-state index contributed by atoms with van der Waals surface area (Å²) < 4.78 is 23.6. The first-order valence-electron chi connectivity index (χ1n) is 6.76. The largest absolute Gasteiger partial charge is 0.352 e. The van der Waals surface area contributed by atoms with E-state index in [4.69, 9.17) is 5.14 Å². The van der Waals surface area contributed by atoms with Gasteiger partial charge in [-0.05, 0) is 32.2 Å². The van der Waals surface area contributed by atoms with Crippen molar-refractivity contribution in [1.29, 1.82) is 0 Å². The Balaban J connectivity index is 1.79. The predicted molar refractivity (Wildman–Crippen MR) is 71.4 cm³/mol. The second kappa shape index (κ2) is 6.17. The summed E-state index contributed by atoms with van der Waals surface area (Å²) in [5.41, 5.74) is 0. The van der Waals surface area contributed by atoms with Gasteiger partial charge in [0.2, 0.25) is 5.91 Å². The fraction of sp³-hybridized carbons (Fsp3) is 0.909. The zero-order valence-electron chi connectivity index (χ0n) is 11.0. The second-order valence-corrected chi connectivity index (χ2v) is 6.82. The molecule has 2 fully saturated rings. The molecule has 7 nitrogen and oxygen atoms in total. The van der Waals surface area contributed by atoms with Gasteiger partial charge in [0.1, 0.15) is 0 Å². The van der Waals surface area contributed by atoms with Crippen LogP contribution in [0.5, 0.6) is 0 Å². The Morgan fingerprint density at radius 3 is 2.47 bits per heavy atom. The zero-order chi connectivity index (χ0) is 13.9. The number of hydrogen-bond acceptors (Lipinski definition) is 4. The molecule has 19 heavy (non-hydrogen) atoms. The van der Waals surface area contributed by atoms with Crippen LogP contribution in [0.4, 0.5) is 0 Å². The highest BCUT2D eigenvalue weighted by Gasteiger charge is 2.30. The summed E-state index contributed by atoms with van der Waals surface area (Å²) in [7, 11) is -3.61. The first-order valence-corrected chi connectivity index (χ1v) is 8.26. The number of piperidine rings is 2. The highest BCUT2D eigenvalue weighted by molar-refractivity contribution is 7.86. The fourth-order valence-corrected chi connectivity index (χ4v) is 3.39. The first-order chi connectivity index (χ1) is 8.97. The van der Waals surface area contributed by atoms with Crippen molar-refractivity contribution in [3.8, 4) is 0 Å². The van der Waals surface area contributed by atoms with Gasteiger partial charge in [0.05, 0.1) is 0 Å². The van der Waals surface area contributed by atoms with Crippen LogP contribution in [0.2, 0.25) is 0 Å². The Morgan fingerprint density at radius 2 is 1.95 bits per heavy atom. The van der Waals surface area contributed by atoms with Crippen LogP contribution in [0, 0.1) is 5.92 Å². The van der Waals surface area contributed by atoms with Crippen LogP contribution in [0.3, 0.4) is 0 Å². The third-order valence-electron chi connectivity index (χ3n) is 3.83. The SMILES string of the molecule is NS(=O)(=O)N1CCC(C(=O)N[C@H]2CCCNC2)CC1. The van der Waals surface area contributed by atoms with Crippen molar-refractivity contribution in [2.75, 3.05) is 26.2 Å². The molecule has 0 radical (unpaired) electrons. The normalized spacial score (nSPS) is 27.1. The molecule has 0 aromatic carbocycles. The maximum Gasteiger partial charge on any atom is 0.276 e. The maximum atomic E-state index is 12.1. The fourth-order valence-electron chi connectivity index (χ4n) is 2.67. The molecule has 1 amide bonds. The van der Waals surface area contributed by atoms with Gasteiger partial charge in [-0.3, -0.25) is 4.79 Å². The van der Waals surface area contributed by atoms with E-state index in [1.54, 1.807) is 0 Å². The van der Waals surface area contributed by atoms with Crippen molar-refractivity contribution < 1.29 is 13.2 Å². The van der Waals surface area contributed by atoms with Crippen LogP contribution >= 0.6 is 0 Å². The number of carbonyl (C=O) groups excluding carboxylic acids is 1. The van der Waals surface area contributed by atoms with Gasteiger partial charge in [0, 0.05) is 31.6 Å². The molecule has 0 unspecified atom stereocenters. The van der Waals surface area contributed by atoms with E-state index in [1.165, 1.54) is 4.31 Å². The smallest absolute Gasteiger partial charge is 0.276 e. The quantitative estimate of drug-likeness (QED) is 0.605. The summed E-state index contributed by atoms with van der Waals surface area (Å²) >= 11 is 0. The molecule has 0 bridgehead atoms. The first kappa shape index (κ1) is 14.7. The molecular weight excluding hydrogens is 268 g/mol. The summed E-state index contributed by atoms with van der Waals surface area (Å²) in [6.45, 7) is 2.50. The average molecular weight is 290 g/mol. The van der Waals surface area contributed by atoms with Crippen LogP contribution in [-0.2, 0) is 15.0 Å². The van der Waals surface area contributed by atoms with E-state index < -0.39 is 10.2 Å². The van der Waals surface area contributed by atoms with Crippen molar-refractivity contribution in [3.63, 3.8) is 0 Å². The van der Waals surface area contributed by atoms with Gasteiger partial charge in [-0.2, -0.15) is 12.7 Å². The molecule has 2 heterocycles. The van der Waals surface area contributed by atoms with Gasteiger partial charge in [-0.15, -0.1) is 0 Å². The van der Waals surface area contributed by atoms with E-state index in [0.717, 1.165) is 25.9 Å². The van der Waals surface area contributed by atoms with Crippen molar-refractivity contribution >= 4 is 16.1 Å². The van der Waals surface area contributed by atoms with E-state index >= 15 is 0 Å². The molecule has 8 heteroatoms. The molecule has 2 rings (SSSR count). The molecule has 4 N–H and O–H groups in total. The summed E-state index contributed by atoms with van der Waals surface area (Å²) in [5, 5.41) is 11.4. The lowest BCUT2D eigenvalue weighted by atomic mass is 9.96. The Labute approximate surface area is 114 Å². The Hall–Kier alpha value is -0.700. The van der Waals surface area contributed by atoms with Crippen molar-refractivity contribution in [1.82, 2.24) is 14.9 Å². The van der Waals surface area contributed by atoms with Gasteiger partial charge < -0.3 is 10.6 Å². The highest BCUT2D eigenvalue weighted by Crippen LogP contribution is 2.19. The van der Waals surface area contributed by atoms with Crippen molar-refractivity contribution in [3.05, 3.63) is 0 Å². The molecule has 2 aliphatic rings. The molecule has 1 atom stereocenters. The molecule has 0 saturated carbocycles. The third-order valence-corrected chi connectivity index (χ3v) is 4.91. The lowest BCUT2D eigenvalue weighted by Gasteiger charge is -2.31. The van der Waals surface area contributed by atoms with Gasteiger partial charge >= 0.3 is 0 Å². The molecule has 0 spiro atoms. The minimum absolute atomic E-state index is 0.0442. The Bertz CT molecular complexity index is 412. The predicted octanol–water partition coefficient (Wildman–Crippen LogP) is -1.23. The number of hydrogen-bond donors (Lipinski definition) is 3. The average Bonchev–Trinajstić information content (AvgIpc) is 2.39. The zero-order valence-corrected chi connectivity index (χ0v) is 11.8. The second-order valence-electron chi connectivity index (χ2n) is 5.27. The lowest BCUT2D eigenvalue weighted by Crippen LogP contribution is -2.50. The van der Waals surface area contributed by atoms with E-state index in [0.29, 0.717) is 25.9 Å². The van der Waals surface area contributed by atoms with E-state index in [1.807, 2.05) is 0 Å². The summed E-state index contributed by atoms with van der Waals surface area (Å²) in [4.78, 5) is 12.1. The number of amides is 1. The molecule has 2 aliphatic heterocycles. The summed E-state index contributed by atoms with van der Waals surface area (Å²) in [6.07, 6.45) is 3.17. The van der Waals surface area contributed by atoms with Crippen molar-refractivity contribution in [2.45, 2.75) is 31.7 Å². The third kappa shape index (κ3) is 4.13. The molecule has 0 aliphatic carbocycles. The minimum atomic E-state index is -3.61. The molecule has 2 saturated heterocycles. The topological polar surface area (TPSA) is 105 Å². The molecule has 0 aromatic rings. The van der Waals surface area contributed by atoms with E-state index in [2.05, 4.69) is 10.6 Å². The monoisotopic (exact) mass is 290 g/mol. The van der Waals surface area contributed by atoms with Crippen LogP contribution < -0.4 is 15.8 Å². The van der Waals surface area contributed by atoms with Gasteiger partial charge in [-0.1, -0.05) is 0 Å². The van der Waals surface area contributed by atoms with Gasteiger partial charge in [0.25, 0.3) is 10.2 Å². The molecular formula is C11H22N4O3S. The number of nitrogens with zero attached hydrogens (tertiary/aromatic N) is 1. The number of carbonyl (C=O) groups is 1. The van der Waals surface area contributed by atoms with Crippen LogP contribution in [0.15, 0.2) is 0 Å². The van der Waals surface area contributed by atoms with E-state index in [-0.39, 0.29) is 17.9 Å². The van der Waals surface area contributed by atoms with Gasteiger partial charge in [0.15, 0.2) is 0 Å². The number of nitrogens with one attached hydrogen (secondary N) is 2. The van der Waals surface area contributed by atoms with Gasteiger partial charge in [-0.25, -0.2) is 5.14 Å². The minimum Gasteiger partial charge on any atom is -0.352 e. The summed E-state index contributed by atoms with van der Waals surface area (Å²) in [6, 6.07) is 0.206. The Morgan fingerprint density at radius 1 is 1.26 bits per heavy atom. The standard InChI is InChI=1S/C11H22N4O3S/c12-19(17,18)15-6-3-9(4-7-15)11(16)14-10-2-1-5-13-8-10/h9-10,13H,1-8H2,(H,14,16)(H2,12,17,18)/t10-/m0/s1. The van der Waals surface area contributed by atoms with Crippen LogP contribution in [0.25, 0.3) is 0 Å². The number of rotatable bonds is 3. The molecule has 0 aromatic heterocycles. The van der Waals surface area contributed by atoms with E-state index in [9.17, 15) is 13.2 Å². The number of nitrogens with two attached hydrogens (primary N) is 1. The van der Waals surface area contributed by atoms with Crippen molar-refractivity contribution in [2.24, 2.45) is 11.1 Å². The van der Waals surface area contributed by atoms with Crippen LogP contribution in [0.1, 0.15) is 25.7 Å². The van der Waals surface area contributed by atoms with Crippen LogP contribution in [-0.4, -0.2) is 50.9 Å². The highest BCUT2D eigenvalue weighted by atomic mass is 32.2. The lowest BCUT2D eigenvalue weighted by molar-refractivity contribution is -0.126. The summed E-state index contributed by atoms with van der Waals surface area (Å²) in [5.74, 6) is -0.0531.